The van der Waals surface area contributed by atoms with E-state index in [2.05, 4.69) is 5.92 Å². The molecule has 0 fully saturated rings. The van der Waals surface area contributed by atoms with Crippen LogP contribution in [0.3, 0.4) is 0 Å². The lowest BCUT2D eigenvalue weighted by atomic mass is 9.92. The molecule has 2 N–H and O–H groups in total. The molecular formula is C18H21F3N2O3. The molecule has 0 saturated carbocycles. The minimum Gasteiger partial charge on any atom is -0.388 e. The van der Waals surface area contributed by atoms with E-state index >= 15 is 0 Å². The van der Waals surface area contributed by atoms with Crippen molar-refractivity contribution >= 4 is 11.8 Å². The van der Waals surface area contributed by atoms with Gasteiger partial charge in [-0.3, -0.25) is 9.59 Å². The van der Waals surface area contributed by atoms with Crippen molar-refractivity contribution in [2.45, 2.75) is 31.0 Å². The number of nitrogens with zero attached hydrogens (tertiary/aromatic N) is 1. The molecule has 8 heteroatoms. The van der Waals surface area contributed by atoms with E-state index < -0.39 is 24.1 Å². The monoisotopic (exact) mass is 370 g/mol. The van der Waals surface area contributed by atoms with Crippen LogP contribution in [0.25, 0.3) is 0 Å². The fourth-order valence-corrected chi connectivity index (χ4v) is 2.35. The molecule has 0 aromatic heterocycles. The van der Waals surface area contributed by atoms with E-state index in [1.165, 1.54) is 4.90 Å². The summed E-state index contributed by atoms with van der Waals surface area (Å²) >= 11 is 0. The van der Waals surface area contributed by atoms with Crippen LogP contribution in [0, 0.1) is 12.3 Å². The minimum absolute atomic E-state index is 0.104. The van der Waals surface area contributed by atoms with Crippen LogP contribution < -0.4 is 5.32 Å². The van der Waals surface area contributed by atoms with Gasteiger partial charge in [0.25, 0.3) is 0 Å². The lowest BCUT2D eigenvalue weighted by Crippen LogP contribution is -2.37. The van der Waals surface area contributed by atoms with Crippen LogP contribution in [-0.4, -0.2) is 48.6 Å². The minimum atomic E-state index is -4.96. The van der Waals surface area contributed by atoms with Gasteiger partial charge in [-0.05, 0) is 17.5 Å². The van der Waals surface area contributed by atoms with Gasteiger partial charge in [0.05, 0.1) is 12.0 Å². The Kier molecular flexibility index (Phi) is 7.65. The van der Waals surface area contributed by atoms with Gasteiger partial charge >= 0.3 is 12.1 Å². The Morgan fingerprint density at radius 3 is 2.46 bits per heavy atom. The second-order valence-corrected chi connectivity index (χ2v) is 5.92. The zero-order chi connectivity index (χ0) is 19.9. The molecule has 0 radical (unpaired) electrons. The molecule has 1 rings (SSSR count). The predicted octanol–water partition coefficient (Wildman–Crippen LogP) is 1.98. The molecule has 0 aliphatic carbocycles. The molecule has 142 valence electrons. The van der Waals surface area contributed by atoms with Crippen molar-refractivity contribution < 1.29 is 27.9 Å². The van der Waals surface area contributed by atoms with Crippen LogP contribution in [0.2, 0.25) is 0 Å². The van der Waals surface area contributed by atoms with E-state index in [0.29, 0.717) is 11.1 Å². The highest BCUT2D eigenvalue weighted by atomic mass is 19.4. The van der Waals surface area contributed by atoms with Gasteiger partial charge in [0.1, 0.15) is 0 Å². The molecule has 1 aromatic rings. The predicted molar refractivity (Wildman–Crippen MR) is 90.0 cm³/mol. The summed E-state index contributed by atoms with van der Waals surface area (Å²) in [7, 11) is 3.21. The molecular weight excluding hydrogens is 349 g/mol. The summed E-state index contributed by atoms with van der Waals surface area (Å²) in [4.78, 5) is 24.4. The van der Waals surface area contributed by atoms with Crippen molar-refractivity contribution in [2.24, 2.45) is 0 Å². The van der Waals surface area contributed by atoms with Gasteiger partial charge in [-0.25, -0.2) is 0 Å². The van der Waals surface area contributed by atoms with Crippen molar-refractivity contribution in [3.8, 4) is 12.3 Å². The van der Waals surface area contributed by atoms with Gasteiger partial charge in [0.15, 0.2) is 0 Å². The first-order valence-electron chi connectivity index (χ1n) is 7.85. The molecule has 5 nitrogen and oxygen atoms in total. The smallest absolute Gasteiger partial charge is 0.388 e. The second-order valence-electron chi connectivity index (χ2n) is 5.92. The first kappa shape index (κ1) is 21.5. The zero-order valence-electron chi connectivity index (χ0n) is 14.5. The number of amides is 2. The second kappa shape index (κ2) is 9.25. The van der Waals surface area contributed by atoms with E-state index in [1.54, 1.807) is 43.7 Å². The van der Waals surface area contributed by atoms with Gasteiger partial charge in [-0.15, -0.1) is 12.3 Å². The van der Waals surface area contributed by atoms with Crippen molar-refractivity contribution in [2.75, 3.05) is 20.6 Å². The summed E-state index contributed by atoms with van der Waals surface area (Å²) in [6.45, 7) is -0.339. The highest BCUT2D eigenvalue weighted by Gasteiger charge is 2.38. The number of halogens is 3. The third-order valence-corrected chi connectivity index (χ3v) is 3.72. The number of aliphatic hydroxyl groups is 1. The summed E-state index contributed by atoms with van der Waals surface area (Å²) < 4.78 is 36.4. The van der Waals surface area contributed by atoms with E-state index in [1.807, 2.05) is 0 Å². The Morgan fingerprint density at radius 1 is 1.31 bits per heavy atom. The van der Waals surface area contributed by atoms with Crippen molar-refractivity contribution in [1.29, 1.82) is 0 Å². The molecule has 0 spiro atoms. The van der Waals surface area contributed by atoms with Gasteiger partial charge in [-0.2, -0.15) is 13.2 Å². The summed E-state index contributed by atoms with van der Waals surface area (Å²) in [5.41, 5.74) is 1.04. The SMILES string of the molecule is C#CCC(C(=O)N(C)C)c1cccc(C(O)CCNC(=O)C(F)(F)F)c1. The fraction of sp³-hybridized carbons (Fsp3) is 0.444. The average Bonchev–Trinajstić information content (AvgIpc) is 2.58. The lowest BCUT2D eigenvalue weighted by molar-refractivity contribution is -0.173. The lowest BCUT2D eigenvalue weighted by Gasteiger charge is -2.20. The van der Waals surface area contributed by atoms with Crippen LogP contribution in [-0.2, 0) is 9.59 Å². The topological polar surface area (TPSA) is 69.6 Å². The van der Waals surface area contributed by atoms with Crippen LogP contribution >= 0.6 is 0 Å². The molecule has 0 heterocycles. The first-order chi connectivity index (χ1) is 12.1. The number of rotatable bonds is 7. The Balaban J connectivity index is 2.83. The largest absolute Gasteiger partial charge is 0.471 e. The molecule has 0 bridgehead atoms. The van der Waals surface area contributed by atoms with Crippen LogP contribution in [0.15, 0.2) is 24.3 Å². The molecule has 2 atom stereocenters. The summed E-state index contributed by atoms with van der Waals surface area (Å²) in [5.74, 6) is -0.369. The van der Waals surface area contributed by atoms with Gasteiger partial charge in [0.2, 0.25) is 5.91 Å². The maximum absolute atomic E-state index is 12.3. The van der Waals surface area contributed by atoms with Crippen molar-refractivity contribution in [1.82, 2.24) is 10.2 Å². The van der Waals surface area contributed by atoms with Crippen molar-refractivity contribution in [3.63, 3.8) is 0 Å². The molecule has 1 aromatic carbocycles. The highest BCUT2D eigenvalue weighted by molar-refractivity contribution is 5.83. The third-order valence-electron chi connectivity index (χ3n) is 3.72. The number of hydrogen-bond donors (Lipinski definition) is 2. The number of carbonyl (C=O) groups excluding carboxylic acids is 2. The zero-order valence-corrected chi connectivity index (χ0v) is 14.5. The Morgan fingerprint density at radius 2 is 1.92 bits per heavy atom. The molecule has 2 unspecified atom stereocenters. The van der Waals surface area contributed by atoms with Gasteiger partial charge < -0.3 is 15.3 Å². The number of terminal acetylenes is 1. The molecule has 0 saturated heterocycles. The van der Waals surface area contributed by atoms with E-state index in [0.717, 1.165) is 0 Å². The number of nitrogens with one attached hydrogen (secondary N) is 1. The number of hydrogen-bond acceptors (Lipinski definition) is 3. The molecule has 2 amide bonds. The van der Waals surface area contributed by atoms with Crippen molar-refractivity contribution in [3.05, 3.63) is 35.4 Å². The molecule has 26 heavy (non-hydrogen) atoms. The average molecular weight is 370 g/mol. The molecule has 0 aliphatic rings. The number of likely N-dealkylation sites (N-methyl/N-ethyl adjacent to an activating group) is 1. The summed E-state index contributed by atoms with van der Waals surface area (Å²) in [5, 5.41) is 11.9. The normalized spacial score (nSPS) is 13.4. The first-order valence-corrected chi connectivity index (χ1v) is 7.85. The third kappa shape index (κ3) is 6.08. The summed E-state index contributed by atoms with van der Waals surface area (Å²) in [6, 6.07) is 6.52. The van der Waals surface area contributed by atoms with Gasteiger partial charge in [-0.1, -0.05) is 24.3 Å². The highest BCUT2D eigenvalue weighted by Crippen LogP contribution is 2.25. The number of aliphatic hydroxyl groups excluding tert-OH is 1. The van der Waals surface area contributed by atoms with E-state index in [9.17, 15) is 27.9 Å². The van der Waals surface area contributed by atoms with Crippen LogP contribution in [0.4, 0.5) is 13.2 Å². The number of alkyl halides is 3. The number of benzene rings is 1. The molecule has 0 aliphatic heterocycles. The Bertz CT molecular complexity index is 681. The Labute approximate surface area is 150 Å². The summed E-state index contributed by atoms with van der Waals surface area (Å²) in [6.07, 6.45) is -0.648. The van der Waals surface area contributed by atoms with E-state index in [-0.39, 0.29) is 25.3 Å². The van der Waals surface area contributed by atoms with E-state index in [4.69, 9.17) is 6.42 Å². The number of carbonyl (C=O) groups is 2. The standard InChI is InChI=1S/C18H21F3N2O3/c1-4-6-14(16(25)23(2)3)12-7-5-8-13(11-12)15(24)9-10-22-17(26)18(19,20)21/h1,5,7-8,11,14-15,24H,6,9-10H2,2-3H3,(H,22,26). The maximum atomic E-state index is 12.3. The fourth-order valence-electron chi connectivity index (χ4n) is 2.35. The van der Waals surface area contributed by atoms with Gasteiger partial charge in [0, 0.05) is 27.1 Å². The van der Waals surface area contributed by atoms with Crippen LogP contribution in [0.1, 0.15) is 36.0 Å². The quantitative estimate of drug-likeness (QED) is 0.721. The van der Waals surface area contributed by atoms with Crippen LogP contribution in [0.5, 0.6) is 0 Å². The Hall–Kier alpha value is -2.53. The maximum Gasteiger partial charge on any atom is 0.471 e.